The third-order valence-corrected chi connectivity index (χ3v) is 4.27. The molecule has 1 aliphatic carbocycles. The summed E-state index contributed by atoms with van der Waals surface area (Å²) in [6, 6.07) is 6.65. The monoisotopic (exact) mass is 303 g/mol. The van der Waals surface area contributed by atoms with Gasteiger partial charge in [0.15, 0.2) is 0 Å². The lowest BCUT2D eigenvalue weighted by Gasteiger charge is -2.21. The maximum absolute atomic E-state index is 11.8. The largest absolute Gasteiger partial charge is 0.480 e. The first-order valence-electron chi connectivity index (χ1n) is 8.03. The van der Waals surface area contributed by atoms with E-state index >= 15 is 0 Å². The maximum Gasteiger partial charge on any atom is 0.328 e. The van der Waals surface area contributed by atoms with Crippen molar-refractivity contribution in [2.24, 2.45) is 0 Å². The molecular formula is C18H25NO3. The highest BCUT2D eigenvalue weighted by atomic mass is 16.4. The van der Waals surface area contributed by atoms with Gasteiger partial charge >= 0.3 is 5.97 Å². The predicted octanol–water partition coefficient (Wildman–Crippen LogP) is 2.87. The molecule has 1 aliphatic rings. The second-order valence-corrected chi connectivity index (χ2v) is 6.64. The summed E-state index contributed by atoms with van der Waals surface area (Å²) in [6.07, 6.45) is 6.84. The van der Waals surface area contributed by atoms with E-state index in [1.165, 1.54) is 49.8 Å². The zero-order valence-electron chi connectivity index (χ0n) is 13.4. The van der Waals surface area contributed by atoms with Crippen LogP contribution in [0.3, 0.4) is 0 Å². The molecule has 0 aliphatic heterocycles. The molecule has 22 heavy (non-hydrogen) atoms. The lowest BCUT2D eigenvalue weighted by atomic mass is 9.89. The fraction of sp³-hybridized carbons (Fsp3) is 0.556. The quantitative estimate of drug-likeness (QED) is 0.849. The Hall–Kier alpha value is -1.84. The predicted molar refractivity (Wildman–Crippen MR) is 85.9 cm³/mol. The van der Waals surface area contributed by atoms with Crippen LogP contribution in [0.1, 0.15) is 56.2 Å². The molecule has 0 saturated heterocycles. The van der Waals surface area contributed by atoms with Crippen LogP contribution in [0.4, 0.5) is 0 Å². The van der Waals surface area contributed by atoms with Crippen LogP contribution in [-0.4, -0.2) is 22.5 Å². The van der Waals surface area contributed by atoms with Crippen molar-refractivity contribution >= 4 is 11.9 Å². The van der Waals surface area contributed by atoms with Gasteiger partial charge in [0.2, 0.25) is 5.91 Å². The molecular weight excluding hydrogens is 278 g/mol. The number of aryl methyl sites for hydroxylation is 3. The summed E-state index contributed by atoms with van der Waals surface area (Å²) < 4.78 is 0. The zero-order chi connectivity index (χ0) is 16.2. The summed E-state index contributed by atoms with van der Waals surface area (Å²) >= 11 is 0. The number of rotatable bonds is 6. The summed E-state index contributed by atoms with van der Waals surface area (Å²) in [5, 5.41) is 11.5. The highest BCUT2D eigenvalue weighted by Crippen LogP contribution is 2.22. The van der Waals surface area contributed by atoms with Gasteiger partial charge in [0.05, 0.1) is 0 Å². The fourth-order valence-electron chi connectivity index (χ4n) is 2.86. The van der Waals surface area contributed by atoms with E-state index in [4.69, 9.17) is 5.11 Å². The standard InChI is InChI=1S/C18H25NO3/c1-18(2,17(21)22)19-16(20)9-5-6-13-10-11-14-7-3-4-8-15(14)12-13/h10-12H,3-9H2,1-2H3,(H,19,20)(H,21,22). The number of carboxylic acids is 1. The van der Waals surface area contributed by atoms with E-state index in [1.807, 2.05) is 0 Å². The molecule has 0 atom stereocenters. The van der Waals surface area contributed by atoms with Crippen LogP contribution in [0.2, 0.25) is 0 Å². The number of carboxylic acid groups (broad SMARTS) is 1. The number of fused-ring (bicyclic) bond motifs is 1. The third kappa shape index (κ3) is 4.33. The molecule has 0 spiro atoms. The number of nitrogens with one attached hydrogen (secondary N) is 1. The van der Waals surface area contributed by atoms with Gasteiger partial charge in [-0.3, -0.25) is 4.79 Å². The number of amides is 1. The molecule has 1 amide bonds. The lowest BCUT2D eigenvalue weighted by molar-refractivity contribution is -0.146. The highest BCUT2D eigenvalue weighted by Gasteiger charge is 2.28. The van der Waals surface area contributed by atoms with Crippen molar-refractivity contribution in [1.29, 1.82) is 0 Å². The Morgan fingerprint density at radius 2 is 1.86 bits per heavy atom. The van der Waals surface area contributed by atoms with Crippen LogP contribution in [0, 0.1) is 0 Å². The molecule has 2 N–H and O–H groups in total. The van der Waals surface area contributed by atoms with Gasteiger partial charge in [-0.05, 0) is 69.1 Å². The Labute approximate surface area is 131 Å². The Bertz CT molecular complexity index is 563. The minimum atomic E-state index is -1.21. The number of carbonyl (C=O) groups is 2. The number of hydrogen-bond acceptors (Lipinski definition) is 2. The first kappa shape index (κ1) is 16.5. The molecule has 120 valence electrons. The van der Waals surface area contributed by atoms with Gasteiger partial charge < -0.3 is 10.4 Å². The maximum atomic E-state index is 11.8. The van der Waals surface area contributed by atoms with Gasteiger partial charge in [0, 0.05) is 6.42 Å². The molecule has 0 unspecified atom stereocenters. The van der Waals surface area contributed by atoms with E-state index in [1.54, 1.807) is 0 Å². The summed E-state index contributed by atoms with van der Waals surface area (Å²) in [6.45, 7) is 2.99. The highest BCUT2D eigenvalue weighted by molar-refractivity contribution is 5.86. The summed E-state index contributed by atoms with van der Waals surface area (Å²) in [5.74, 6) is -1.22. The molecule has 1 aromatic carbocycles. The first-order valence-corrected chi connectivity index (χ1v) is 8.03. The molecule has 0 bridgehead atoms. The number of aliphatic carboxylic acids is 1. The van der Waals surface area contributed by atoms with Crippen LogP contribution < -0.4 is 5.32 Å². The minimum absolute atomic E-state index is 0.203. The minimum Gasteiger partial charge on any atom is -0.480 e. The van der Waals surface area contributed by atoms with Crippen LogP contribution >= 0.6 is 0 Å². The lowest BCUT2D eigenvalue weighted by Crippen LogP contribution is -2.49. The van der Waals surface area contributed by atoms with Gasteiger partial charge in [-0.1, -0.05) is 18.2 Å². The summed E-state index contributed by atoms with van der Waals surface area (Å²) in [7, 11) is 0. The first-order chi connectivity index (χ1) is 10.4. The van der Waals surface area contributed by atoms with Crippen molar-refractivity contribution < 1.29 is 14.7 Å². The van der Waals surface area contributed by atoms with Crippen LogP contribution in [0.15, 0.2) is 18.2 Å². The van der Waals surface area contributed by atoms with Crippen LogP contribution in [-0.2, 0) is 28.9 Å². The van der Waals surface area contributed by atoms with Gasteiger partial charge in [0.1, 0.15) is 5.54 Å². The van der Waals surface area contributed by atoms with Crippen molar-refractivity contribution in [1.82, 2.24) is 5.32 Å². The third-order valence-electron chi connectivity index (χ3n) is 4.27. The molecule has 0 radical (unpaired) electrons. The molecule has 1 aromatic rings. The molecule has 4 heteroatoms. The van der Waals surface area contributed by atoms with E-state index < -0.39 is 11.5 Å². The number of carbonyl (C=O) groups excluding carboxylic acids is 1. The van der Waals surface area contributed by atoms with E-state index in [-0.39, 0.29) is 5.91 Å². The SMILES string of the molecule is CC(C)(NC(=O)CCCc1ccc2c(c1)CCCC2)C(=O)O. The smallest absolute Gasteiger partial charge is 0.328 e. The molecule has 0 aromatic heterocycles. The van der Waals surface area contributed by atoms with Crippen LogP contribution in [0.25, 0.3) is 0 Å². The Kier molecular flexibility index (Phi) is 5.22. The molecule has 0 saturated carbocycles. The average molecular weight is 303 g/mol. The van der Waals surface area contributed by atoms with E-state index in [0.717, 1.165) is 19.3 Å². The van der Waals surface area contributed by atoms with Gasteiger partial charge in [-0.25, -0.2) is 4.79 Å². The second-order valence-electron chi connectivity index (χ2n) is 6.64. The Balaban J connectivity index is 1.81. The van der Waals surface area contributed by atoms with E-state index in [0.29, 0.717) is 6.42 Å². The normalized spacial score (nSPS) is 14.3. The van der Waals surface area contributed by atoms with Crippen molar-refractivity contribution in [3.8, 4) is 0 Å². The van der Waals surface area contributed by atoms with E-state index in [2.05, 4.69) is 23.5 Å². The van der Waals surface area contributed by atoms with Crippen LogP contribution in [0.5, 0.6) is 0 Å². The number of hydrogen-bond donors (Lipinski definition) is 2. The second kappa shape index (κ2) is 6.95. The topological polar surface area (TPSA) is 66.4 Å². The van der Waals surface area contributed by atoms with Crippen molar-refractivity contribution in [2.75, 3.05) is 0 Å². The molecule has 0 fully saturated rings. The van der Waals surface area contributed by atoms with Crippen molar-refractivity contribution in [3.05, 3.63) is 34.9 Å². The molecule has 4 nitrogen and oxygen atoms in total. The van der Waals surface area contributed by atoms with E-state index in [9.17, 15) is 9.59 Å². The summed E-state index contributed by atoms with van der Waals surface area (Å²) in [5.41, 5.74) is 2.99. The van der Waals surface area contributed by atoms with Crippen molar-refractivity contribution in [2.45, 2.75) is 64.3 Å². The molecule has 2 rings (SSSR count). The Morgan fingerprint density at radius 1 is 1.18 bits per heavy atom. The molecule has 0 heterocycles. The van der Waals surface area contributed by atoms with Gasteiger partial charge in [-0.2, -0.15) is 0 Å². The Morgan fingerprint density at radius 3 is 2.55 bits per heavy atom. The van der Waals surface area contributed by atoms with Gasteiger partial charge in [-0.15, -0.1) is 0 Å². The fourth-order valence-corrected chi connectivity index (χ4v) is 2.86. The number of benzene rings is 1. The van der Waals surface area contributed by atoms with Crippen molar-refractivity contribution in [3.63, 3.8) is 0 Å². The average Bonchev–Trinajstić information content (AvgIpc) is 2.46. The van der Waals surface area contributed by atoms with Gasteiger partial charge in [0.25, 0.3) is 0 Å². The zero-order valence-corrected chi connectivity index (χ0v) is 13.4. The summed E-state index contributed by atoms with van der Waals surface area (Å²) in [4.78, 5) is 22.8.